The van der Waals surface area contributed by atoms with E-state index in [1.807, 2.05) is 24.3 Å². The third-order valence-corrected chi connectivity index (χ3v) is 3.71. The van der Waals surface area contributed by atoms with Crippen LogP contribution < -0.4 is 5.43 Å². The van der Waals surface area contributed by atoms with Crippen molar-refractivity contribution in [2.75, 3.05) is 0 Å². The minimum absolute atomic E-state index is 0.132. The van der Waals surface area contributed by atoms with Crippen LogP contribution in [0, 0.1) is 0 Å². The predicted octanol–water partition coefficient (Wildman–Crippen LogP) is 3.29. The van der Waals surface area contributed by atoms with Gasteiger partial charge in [-0.1, -0.05) is 35.9 Å². The largest absolute Gasteiger partial charge is 0.456 e. The number of nitrogens with one attached hydrogen (secondary N) is 1. The molecule has 1 N–H and O–H groups in total. The van der Waals surface area contributed by atoms with Crippen LogP contribution in [-0.4, -0.2) is 20.6 Å². The Balaban J connectivity index is 1.80. The van der Waals surface area contributed by atoms with Crippen LogP contribution in [0.25, 0.3) is 33.7 Å². The molecule has 4 aromatic rings. The minimum atomic E-state index is -0.132. The molecule has 0 spiro atoms. The summed E-state index contributed by atoms with van der Waals surface area (Å²) < 4.78 is 5.81. The molecule has 2 aromatic heterocycles. The second-order valence-corrected chi connectivity index (χ2v) is 5.38. The lowest BCUT2D eigenvalue weighted by molar-refractivity contribution is 0.619. The van der Waals surface area contributed by atoms with Gasteiger partial charge in [0.05, 0.1) is 5.39 Å². The van der Waals surface area contributed by atoms with E-state index in [-0.39, 0.29) is 5.43 Å². The molecule has 112 valence electrons. The SMILES string of the molecule is O=c1cc(-c2ccc(-c3nnn[nH]3)cc2)oc2ccc(Cl)cc12. The summed E-state index contributed by atoms with van der Waals surface area (Å²) in [6, 6.07) is 13.8. The van der Waals surface area contributed by atoms with E-state index in [0.29, 0.717) is 27.6 Å². The predicted molar refractivity (Wildman–Crippen MR) is 86.1 cm³/mol. The molecular weight excluding hydrogens is 316 g/mol. The number of tetrazole rings is 1. The lowest BCUT2D eigenvalue weighted by Gasteiger charge is -2.04. The van der Waals surface area contributed by atoms with Crippen molar-refractivity contribution in [3.05, 3.63) is 63.8 Å². The summed E-state index contributed by atoms with van der Waals surface area (Å²) in [4.78, 5) is 12.2. The maximum absolute atomic E-state index is 12.2. The molecule has 0 saturated heterocycles. The number of aromatic nitrogens is 4. The number of nitrogens with zero attached hydrogens (tertiary/aromatic N) is 3. The van der Waals surface area contributed by atoms with Crippen molar-refractivity contribution in [3.63, 3.8) is 0 Å². The Morgan fingerprint density at radius 3 is 2.52 bits per heavy atom. The van der Waals surface area contributed by atoms with Crippen molar-refractivity contribution in [3.8, 4) is 22.7 Å². The van der Waals surface area contributed by atoms with E-state index in [1.54, 1.807) is 18.2 Å². The molecule has 4 rings (SSSR count). The van der Waals surface area contributed by atoms with Gasteiger partial charge in [-0.15, -0.1) is 5.10 Å². The zero-order valence-electron chi connectivity index (χ0n) is 11.7. The van der Waals surface area contributed by atoms with Crippen LogP contribution in [0.1, 0.15) is 0 Å². The van der Waals surface area contributed by atoms with Crippen molar-refractivity contribution >= 4 is 22.6 Å². The van der Waals surface area contributed by atoms with E-state index >= 15 is 0 Å². The average Bonchev–Trinajstić information content (AvgIpc) is 3.10. The molecule has 0 amide bonds. The van der Waals surface area contributed by atoms with Crippen LogP contribution in [0.4, 0.5) is 0 Å². The van der Waals surface area contributed by atoms with E-state index < -0.39 is 0 Å². The van der Waals surface area contributed by atoms with Gasteiger partial charge in [0.25, 0.3) is 0 Å². The second kappa shape index (κ2) is 5.33. The van der Waals surface area contributed by atoms with Crippen molar-refractivity contribution in [1.29, 1.82) is 0 Å². The Hall–Kier alpha value is -2.99. The highest BCUT2D eigenvalue weighted by Crippen LogP contribution is 2.25. The van der Waals surface area contributed by atoms with Gasteiger partial charge in [0.15, 0.2) is 11.3 Å². The zero-order valence-corrected chi connectivity index (χ0v) is 12.4. The number of hydrogen-bond donors (Lipinski definition) is 1. The number of benzene rings is 2. The lowest BCUT2D eigenvalue weighted by atomic mass is 10.1. The fourth-order valence-electron chi connectivity index (χ4n) is 2.34. The quantitative estimate of drug-likeness (QED) is 0.611. The Kier molecular flexibility index (Phi) is 3.17. The number of rotatable bonds is 2. The molecule has 0 fully saturated rings. The molecule has 2 aromatic carbocycles. The highest BCUT2D eigenvalue weighted by atomic mass is 35.5. The number of aromatic amines is 1. The topological polar surface area (TPSA) is 84.7 Å². The molecule has 0 atom stereocenters. The fraction of sp³-hybridized carbons (Fsp3) is 0. The third kappa shape index (κ3) is 2.49. The maximum atomic E-state index is 12.2. The fourth-order valence-corrected chi connectivity index (χ4v) is 2.52. The Morgan fingerprint density at radius 2 is 1.78 bits per heavy atom. The van der Waals surface area contributed by atoms with Gasteiger partial charge >= 0.3 is 0 Å². The van der Waals surface area contributed by atoms with E-state index in [1.165, 1.54) is 6.07 Å². The maximum Gasteiger partial charge on any atom is 0.193 e. The first-order valence-corrected chi connectivity index (χ1v) is 7.16. The molecule has 0 radical (unpaired) electrons. The number of halogens is 1. The second-order valence-electron chi connectivity index (χ2n) is 4.94. The number of fused-ring (bicyclic) bond motifs is 1. The molecule has 0 aliphatic carbocycles. The molecule has 0 aliphatic rings. The van der Waals surface area contributed by atoms with Gasteiger partial charge in [-0.25, -0.2) is 5.10 Å². The first-order chi connectivity index (χ1) is 11.2. The molecule has 0 unspecified atom stereocenters. The molecule has 0 bridgehead atoms. The summed E-state index contributed by atoms with van der Waals surface area (Å²) in [5, 5.41) is 14.6. The van der Waals surface area contributed by atoms with Gasteiger partial charge in [0.1, 0.15) is 11.3 Å². The van der Waals surface area contributed by atoms with Gasteiger partial charge in [-0.2, -0.15) is 0 Å². The van der Waals surface area contributed by atoms with Crippen LogP contribution in [0.3, 0.4) is 0 Å². The summed E-state index contributed by atoms with van der Waals surface area (Å²) in [6.07, 6.45) is 0. The monoisotopic (exact) mass is 324 g/mol. The van der Waals surface area contributed by atoms with Crippen LogP contribution >= 0.6 is 11.6 Å². The lowest BCUT2D eigenvalue weighted by Crippen LogP contribution is -2.00. The van der Waals surface area contributed by atoms with Crippen LogP contribution in [0.15, 0.2) is 57.7 Å². The van der Waals surface area contributed by atoms with E-state index in [9.17, 15) is 4.79 Å². The highest BCUT2D eigenvalue weighted by molar-refractivity contribution is 6.31. The molecule has 7 heteroatoms. The standard InChI is InChI=1S/C16H9ClN4O2/c17-11-5-6-14-12(7-11)13(22)8-15(23-14)9-1-3-10(4-2-9)16-18-20-21-19-16/h1-8H,(H,18,19,20,21). The van der Waals surface area contributed by atoms with Gasteiger partial charge in [-0.05, 0) is 28.6 Å². The van der Waals surface area contributed by atoms with Crippen LogP contribution in [0.5, 0.6) is 0 Å². The summed E-state index contributed by atoms with van der Waals surface area (Å²) in [7, 11) is 0. The summed E-state index contributed by atoms with van der Waals surface area (Å²) in [6.45, 7) is 0. The molecule has 23 heavy (non-hydrogen) atoms. The van der Waals surface area contributed by atoms with E-state index in [4.69, 9.17) is 16.0 Å². The number of H-pyrrole nitrogens is 1. The Labute approximate surface area is 134 Å². The Bertz CT molecular complexity index is 1040. The van der Waals surface area contributed by atoms with E-state index in [0.717, 1.165) is 11.1 Å². The minimum Gasteiger partial charge on any atom is -0.456 e. The molecule has 2 heterocycles. The van der Waals surface area contributed by atoms with Crippen LogP contribution in [-0.2, 0) is 0 Å². The molecule has 6 nitrogen and oxygen atoms in total. The first kappa shape index (κ1) is 13.7. The van der Waals surface area contributed by atoms with E-state index in [2.05, 4.69) is 20.6 Å². The van der Waals surface area contributed by atoms with Crippen LogP contribution in [0.2, 0.25) is 5.02 Å². The highest BCUT2D eigenvalue weighted by Gasteiger charge is 2.08. The zero-order chi connectivity index (χ0) is 15.8. The average molecular weight is 325 g/mol. The van der Waals surface area contributed by atoms with Crippen molar-refractivity contribution in [1.82, 2.24) is 20.6 Å². The molecule has 0 aliphatic heterocycles. The third-order valence-electron chi connectivity index (χ3n) is 3.48. The van der Waals surface area contributed by atoms with Gasteiger partial charge in [0.2, 0.25) is 0 Å². The van der Waals surface area contributed by atoms with Gasteiger partial charge < -0.3 is 4.42 Å². The van der Waals surface area contributed by atoms with Crippen molar-refractivity contribution in [2.24, 2.45) is 0 Å². The van der Waals surface area contributed by atoms with Gasteiger partial charge in [0, 0.05) is 22.2 Å². The molecular formula is C16H9ClN4O2. The summed E-state index contributed by atoms with van der Waals surface area (Å²) >= 11 is 5.91. The normalized spacial score (nSPS) is 11.0. The smallest absolute Gasteiger partial charge is 0.193 e. The number of hydrogen-bond acceptors (Lipinski definition) is 5. The van der Waals surface area contributed by atoms with Gasteiger partial charge in [-0.3, -0.25) is 4.79 Å². The Morgan fingerprint density at radius 1 is 1.00 bits per heavy atom. The first-order valence-electron chi connectivity index (χ1n) is 6.79. The summed E-state index contributed by atoms with van der Waals surface area (Å²) in [5.74, 6) is 1.07. The van der Waals surface area contributed by atoms with Crippen molar-refractivity contribution < 1.29 is 4.42 Å². The van der Waals surface area contributed by atoms with Crippen molar-refractivity contribution in [2.45, 2.75) is 0 Å². The molecule has 0 saturated carbocycles. The summed E-state index contributed by atoms with van der Waals surface area (Å²) in [5.41, 5.74) is 2.00.